The molecule has 1 aliphatic carbocycles. The van der Waals surface area contributed by atoms with Crippen molar-refractivity contribution in [1.29, 1.82) is 0 Å². The highest BCUT2D eigenvalue weighted by atomic mass is 16.3. The van der Waals surface area contributed by atoms with Gasteiger partial charge in [-0.15, -0.1) is 0 Å². The zero-order chi connectivity index (χ0) is 13.7. The minimum atomic E-state index is 0.0516. The molecule has 0 bridgehead atoms. The Kier molecular flexibility index (Phi) is 5.02. The van der Waals surface area contributed by atoms with Crippen LogP contribution in [0.2, 0.25) is 0 Å². The standard InChI is InChI=1S/C15H23NO3/c1-11-10-13(11)14-6-4-12(19-14)5-7-15(18)16-8-2-3-9-17/h4,6,11,13,17H,2-3,5,7-10H2,1H3,(H,16,18). The lowest BCUT2D eigenvalue weighted by atomic mass is 10.2. The van der Waals surface area contributed by atoms with Gasteiger partial charge in [0.25, 0.3) is 0 Å². The van der Waals surface area contributed by atoms with Crippen molar-refractivity contribution in [3.8, 4) is 0 Å². The van der Waals surface area contributed by atoms with Crippen molar-refractivity contribution < 1.29 is 14.3 Å². The van der Waals surface area contributed by atoms with E-state index in [0.717, 1.165) is 30.3 Å². The van der Waals surface area contributed by atoms with Crippen LogP contribution in [0, 0.1) is 5.92 Å². The number of rotatable bonds is 8. The molecule has 0 aliphatic heterocycles. The fourth-order valence-corrected chi connectivity index (χ4v) is 2.24. The minimum Gasteiger partial charge on any atom is -0.466 e. The molecule has 0 radical (unpaired) electrons. The predicted octanol–water partition coefficient (Wildman–Crippen LogP) is 2.22. The van der Waals surface area contributed by atoms with Crippen molar-refractivity contribution in [2.75, 3.05) is 13.2 Å². The van der Waals surface area contributed by atoms with E-state index in [1.807, 2.05) is 12.1 Å². The molecule has 4 nitrogen and oxygen atoms in total. The van der Waals surface area contributed by atoms with E-state index < -0.39 is 0 Å². The number of furan rings is 1. The molecule has 2 unspecified atom stereocenters. The predicted molar refractivity (Wildman–Crippen MR) is 72.9 cm³/mol. The van der Waals surface area contributed by atoms with Gasteiger partial charge in [0.15, 0.2) is 0 Å². The maximum Gasteiger partial charge on any atom is 0.220 e. The van der Waals surface area contributed by atoms with Gasteiger partial charge in [0, 0.05) is 31.9 Å². The SMILES string of the molecule is CC1CC1c1ccc(CCC(=O)NCCCCO)o1. The average molecular weight is 265 g/mol. The molecule has 1 saturated carbocycles. The van der Waals surface area contributed by atoms with Crippen LogP contribution in [0.25, 0.3) is 0 Å². The average Bonchev–Trinajstić information content (AvgIpc) is 2.95. The monoisotopic (exact) mass is 265 g/mol. The normalized spacial score (nSPS) is 21.4. The molecule has 0 aromatic carbocycles. The third-order valence-corrected chi connectivity index (χ3v) is 3.66. The van der Waals surface area contributed by atoms with Gasteiger partial charge in [-0.05, 0) is 37.3 Å². The van der Waals surface area contributed by atoms with E-state index in [-0.39, 0.29) is 12.5 Å². The van der Waals surface area contributed by atoms with E-state index in [4.69, 9.17) is 9.52 Å². The van der Waals surface area contributed by atoms with Gasteiger partial charge in [-0.25, -0.2) is 0 Å². The Labute approximate surface area is 114 Å². The van der Waals surface area contributed by atoms with Gasteiger partial charge in [0.05, 0.1) is 0 Å². The van der Waals surface area contributed by atoms with Crippen LogP contribution in [-0.2, 0) is 11.2 Å². The van der Waals surface area contributed by atoms with Crippen LogP contribution in [0.3, 0.4) is 0 Å². The zero-order valence-electron chi connectivity index (χ0n) is 11.5. The largest absolute Gasteiger partial charge is 0.466 e. The van der Waals surface area contributed by atoms with Crippen molar-refractivity contribution in [3.05, 3.63) is 23.7 Å². The summed E-state index contributed by atoms with van der Waals surface area (Å²) >= 11 is 0. The maximum absolute atomic E-state index is 11.6. The summed E-state index contributed by atoms with van der Waals surface area (Å²) in [5, 5.41) is 11.5. The summed E-state index contributed by atoms with van der Waals surface area (Å²) in [6.07, 6.45) is 3.91. The second-order valence-electron chi connectivity index (χ2n) is 5.40. The molecule has 2 rings (SSSR count). The number of carbonyl (C=O) groups is 1. The van der Waals surface area contributed by atoms with Gasteiger partial charge in [0.2, 0.25) is 5.91 Å². The number of amides is 1. The molecule has 0 saturated heterocycles. The molecule has 1 fully saturated rings. The second kappa shape index (κ2) is 6.75. The van der Waals surface area contributed by atoms with E-state index in [1.54, 1.807) is 0 Å². The third-order valence-electron chi connectivity index (χ3n) is 3.66. The second-order valence-corrected chi connectivity index (χ2v) is 5.40. The van der Waals surface area contributed by atoms with Crippen LogP contribution < -0.4 is 5.32 Å². The van der Waals surface area contributed by atoms with Gasteiger partial charge in [-0.3, -0.25) is 4.79 Å². The molecule has 1 aromatic heterocycles. The summed E-state index contributed by atoms with van der Waals surface area (Å²) in [4.78, 5) is 11.6. The molecule has 2 atom stereocenters. The molecule has 1 amide bonds. The molecular weight excluding hydrogens is 242 g/mol. The highest BCUT2D eigenvalue weighted by molar-refractivity contribution is 5.76. The quantitative estimate of drug-likeness (QED) is 0.708. The van der Waals surface area contributed by atoms with Crippen LogP contribution in [0.4, 0.5) is 0 Å². The van der Waals surface area contributed by atoms with Crippen molar-refractivity contribution in [1.82, 2.24) is 5.32 Å². The third kappa shape index (κ3) is 4.39. The minimum absolute atomic E-state index is 0.0516. The number of unbranched alkanes of at least 4 members (excludes halogenated alkanes) is 1. The molecule has 1 aliphatic rings. The topological polar surface area (TPSA) is 62.5 Å². The molecule has 106 valence electrons. The highest BCUT2D eigenvalue weighted by Gasteiger charge is 2.36. The van der Waals surface area contributed by atoms with Crippen molar-refractivity contribution in [3.63, 3.8) is 0 Å². The van der Waals surface area contributed by atoms with E-state index in [0.29, 0.717) is 25.3 Å². The Morgan fingerprint density at radius 1 is 1.47 bits per heavy atom. The Bertz CT molecular complexity index is 413. The molecule has 0 spiro atoms. The smallest absolute Gasteiger partial charge is 0.220 e. The Morgan fingerprint density at radius 2 is 2.26 bits per heavy atom. The van der Waals surface area contributed by atoms with Crippen molar-refractivity contribution in [2.45, 2.75) is 44.9 Å². The maximum atomic E-state index is 11.6. The molecular formula is C15H23NO3. The summed E-state index contributed by atoms with van der Waals surface area (Å²) in [6, 6.07) is 4.03. The van der Waals surface area contributed by atoms with Crippen LogP contribution in [0.15, 0.2) is 16.5 Å². The van der Waals surface area contributed by atoms with Crippen LogP contribution in [-0.4, -0.2) is 24.2 Å². The number of nitrogens with one attached hydrogen (secondary N) is 1. The lowest BCUT2D eigenvalue weighted by Crippen LogP contribution is -2.24. The Morgan fingerprint density at radius 3 is 2.95 bits per heavy atom. The first-order valence-corrected chi connectivity index (χ1v) is 7.17. The zero-order valence-corrected chi connectivity index (χ0v) is 11.5. The summed E-state index contributed by atoms with van der Waals surface area (Å²) in [6.45, 7) is 3.06. The van der Waals surface area contributed by atoms with Crippen molar-refractivity contribution in [2.24, 2.45) is 5.92 Å². The first-order chi connectivity index (χ1) is 9.20. The number of aliphatic hydroxyl groups is 1. The lowest BCUT2D eigenvalue weighted by Gasteiger charge is -2.03. The van der Waals surface area contributed by atoms with Crippen LogP contribution >= 0.6 is 0 Å². The van der Waals surface area contributed by atoms with E-state index >= 15 is 0 Å². The Balaban J connectivity index is 1.64. The molecule has 4 heteroatoms. The number of hydrogen-bond donors (Lipinski definition) is 2. The van der Waals surface area contributed by atoms with Gasteiger partial charge in [-0.2, -0.15) is 0 Å². The van der Waals surface area contributed by atoms with Gasteiger partial charge >= 0.3 is 0 Å². The highest BCUT2D eigenvalue weighted by Crippen LogP contribution is 2.47. The molecule has 1 heterocycles. The molecule has 2 N–H and O–H groups in total. The van der Waals surface area contributed by atoms with Crippen molar-refractivity contribution >= 4 is 5.91 Å². The van der Waals surface area contributed by atoms with E-state index in [1.165, 1.54) is 6.42 Å². The van der Waals surface area contributed by atoms with E-state index in [9.17, 15) is 4.79 Å². The number of aryl methyl sites for hydroxylation is 1. The molecule has 19 heavy (non-hydrogen) atoms. The first-order valence-electron chi connectivity index (χ1n) is 7.17. The van der Waals surface area contributed by atoms with Gasteiger partial charge in [0.1, 0.15) is 11.5 Å². The lowest BCUT2D eigenvalue weighted by molar-refractivity contribution is -0.121. The number of aliphatic hydroxyl groups excluding tert-OH is 1. The fourth-order valence-electron chi connectivity index (χ4n) is 2.24. The summed E-state index contributed by atoms with van der Waals surface area (Å²) in [7, 11) is 0. The van der Waals surface area contributed by atoms with Gasteiger partial charge < -0.3 is 14.8 Å². The van der Waals surface area contributed by atoms with Crippen LogP contribution in [0.5, 0.6) is 0 Å². The van der Waals surface area contributed by atoms with Gasteiger partial charge in [-0.1, -0.05) is 6.92 Å². The number of hydrogen-bond acceptors (Lipinski definition) is 3. The van der Waals surface area contributed by atoms with Crippen LogP contribution in [0.1, 0.15) is 50.0 Å². The fraction of sp³-hybridized carbons (Fsp3) is 0.667. The molecule has 1 aromatic rings. The summed E-state index contributed by atoms with van der Waals surface area (Å²) in [5.41, 5.74) is 0. The van der Waals surface area contributed by atoms with E-state index in [2.05, 4.69) is 12.2 Å². The first kappa shape index (κ1) is 14.1. The summed E-state index contributed by atoms with van der Waals surface area (Å²) in [5.74, 6) is 3.37. The summed E-state index contributed by atoms with van der Waals surface area (Å²) < 4.78 is 5.76. The Hall–Kier alpha value is -1.29. The number of carbonyl (C=O) groups excluding carboxylic acids is 1.